The zero-order chi connectivity index (χ0) is 20.8. The maximum absolute atomic E-state index is 11.8. The van der Waals surface area contributed by atoms with Crippen LogP contribution in [0, 0.1) is 13.8 Å². The molecule has 3 aromatic rings. The summed E-state index contributed by atoms with van der Waals surface area (Å²) >= 11 is 0. The average Bonchev–Trinajstić information content (AvgIpc) is 3.17. The van der Waals surface area contributed by atoms with Crippen LogP contribution in [0.25, 0.3) is 23.1 Å². The van der Waals surface area contributed by atoms with Gasteiger partial charge < -0.3 is 5.11 Å². The number of aromatic nitrogens is 3. The molecular weight excluding hydrogens is 390 g/mol. The van der Waals surface area contributed by atoms with Gasteiger partial charge in [-0.15, -0.1) is 0 Å². The van der Waals surface area contributed by atoms with Crippen molar-refractivity contribution in [1.29, 1.82) is 0 Å². The summed E-state index contributed by atoms with van der Waals surface area (Å²) in [5, 5.41) is 14.7. The monoisotopic (exact) mass is 411 g/mol. The molecule has 1 aliphatic heterocycles. The van der Waals surface area contributed by atoms with Crippen LogP contribution < -0.4 is 0 Å². The Hall–Kier alpha value is -3.00. The number of fused-ring (bicyclic) bond motifs is 1. The number of rotatable bonds is 4. The van der Waals surface area contributed by atoms with Crippen LogP contribution in [-0.2, 0) is 9.84 Å². The van der Waals surface area contributed by atoms with E-state index < -0.39 is 15.8 Å². The molecule has 29 heavy (non-hydrogen) atoms. The van der Waals surface area contributed by atoms with Crippen molar-refractivity contribution < 1.29 is 18.3 Å². The van der Waals surface area contributed by atoms with E-state index >= 15 is 0 Å². The quantitative estimate of drug-likeness (QED) is 0.707. The summed E-state index contributed by atoms with van der Waals surface area (Å²) in [6.07, 6.45) is 4.20. The molecule has 3 heterocycles. The molecule has 8 heteroatoms. The summed E-state index contributed by atoms with van der Waals surface area (Å²) in [6, 6.07) is 8.55. The molecule has 1 fully saturated rings. The van der Waals surface area contributed by atoms with Gasteiger partial charge in [-0.05, 0) is 44.6 Å². The van der Waals surface area contributed by atoms with Crippen LogP contribution in [0.3, 0.4) is 0 Å². The largest absolute Gasteiger partial charge is 0.478 e. The molecule has 1 N–H and O–H groups in total. The van der Waals surface area contributed by atoms with Crippen molar-refractivity contribution in [1.82, 2.24) is 14.8 Å². The van der Waals surface area contributed by atoms with E-state index in [1.165, 1.54) is 0 Å². The van der Waals surface area contributed by atoms with Gasteiger partial charge in [0.2, 0.25) is 0 Å². The maximum atomic E-state index is 11.8. The zero-order valence-corrected chi connectivity index (χ0v) is 17.0. The number of nitrogens with zero attached hydrogens (tertiary/aromatic N) is 3. The molecule has 2 aromatic heterocycles. The van der Waals surface area contributed by atoms with Gasteiger partial charge in [0, 0.05) is 16.6 Å². The van der Waals surface area contributed by atoms with E-state index in [0.29, 0.717) is 23.0 Å². The van der Waals surface area contributed by atoms with Crippen LogP contribution >= 0.6 is 0 Å². The van der Waals surface area contributed by atoms with E-state index in [9.17, 15) is 18.3 Å². The fraction of sp³-hybridized carbons (Fsp3) is 0.286. The first-order chi connectivity index (χ1) is 13.7. The maximum Gasteiger partial charge on any atom is 0.336 e. The predicted molar refractivity (Wildman–Crippen MR) is 112 cm³/mol. The Morgan fingerprint density at radius 2 is 2.00 bits per heavy atom. The van der Waals surface area contributed by atoms with Crippen molar-refractivity contribution in [2.45, 2.75) is 26.3 Å². The molecule has 150 valence electrons. The SMILES string of the molecule is Cc1nn([C@H]2CCS(=O)(=O)C2)c(C)c1/C=C/c1cc(C(=O)O)c2ccccc2n1. The second-order valence-electron chi connectivity index (χ2n) is 7.34. The molecule has 0 saturated carbocycles. The van der Waals surface area contributed by atoms with Crippen LogP contribution in [0.15, 0.2) is 30.3 Å². The van der Waals surface area contributed by atoms with Crippen LogP contribution in [-0.4, -0.2) is 45.8 Å². The number of hydrogen-bond acceptors (Lipinski definition) is 5. The van der Waals surface area contributed by atoms with Crippen molar-refractivity contribution >= 4 is 38.9 Å². The summed E-state index contributed by atoms with van der Waals surface area (Å²) in [6.45, 7) is 3.80. The number of pyridine rings is 1. The highest BCUT2D eigenvalue weighted by Crippen LogP contribution is 2.28. The van der Waals surface area contributed by atoms with Crippen molar-refractivity contribution in [2.75, 3.05) is 11.5 Å². The van der Waals surface area contributed by atoms with Crippen molar-refractivity contribution in [3.63, 3.8) is 0 Å². The second kappa shape index (κ2) is 7.11. The Morgan fingerprint density at radius 1 is 1.24 bits per heavy atom. The van der Waals surface area contributed by atoms with Gasteiger partial charge in [-0.3, -0.25) is 4.68 Å². The molecule has 1 aromatic carbocycles. The number of carbonyl (C=O) groups is 1. The van der Waals surface area contributed by atoms with Crippen LogP contribution in [0.5, 0.6) is 0 Å². The molecule has 1 saturated heterocycles. The van der Waals surface area contributed by atoms with E-state index in [1.807, 2.05) is 26.0 Å². The number of hydrogen-bond donors (Lipinski definition) is 1. The fourth-order valence-corrected chi connectivity index (χ4v) is 5.56. The first-order valence-electron chi connectivity index (χ1n) is 9.32. The predicted octanol–water partition coefficient (Wildman–Crippen LogP) is 3.28. The summed E-state index contributed by atoms with van der Waals surface area (Å²) < 4.78 is 25.4. The minimum absolute atomic E-state index is 0.117. The molecule has 0 unspecified atom stereocenters. The van der Waals surface area contributed by atoms with E-state index in [4.69, 9.17) is 0 Å². The van der Waals surface area contributed by atoms with E-state index in [0.717, 1.165) is 17.0 Å². The molecule has 0 aliphatic carbocycles. The topological polar surface area (TPSA) is 102 Å². The molecule has 1 atom stereocenters. The third kappa shape index (κ3) is 3.67. The van der Waals surface area contributed by atoms with E-state index in [2.05, 4.69) is 10.1 Å². The first kappa shape index (κ1) is 19.3. The number of carboxylic acids is 1. The Morgan fingerprint density at radius 3 is 2.69 bits per heavy atom. The van der Waals surface area contributed by atoms with Crippen molar-refractivity contribution in [3.8, 4) is 0 Å². The lowest BCUT2D eigenvalue weighted by molar-refractivity contribution is 0.0699. The van der Waals surface area contributed by atoms with Crippen LogP contribution in [0.4, 0.5) is 0 Å². The molecule has 0 bridgehead atoms. The zero-order valence-electron chi connectivity index (χ0n) is 16.2. The van der Waals surface area contributed by atoms with E-state index in [1.54, 1.807) is 35.0 Å². The second-order valence-corrected chi connectivity index (χ2v) is 9.56. The highest BCUT2D eigenvalue weighted by atomic mass is 32.2. The summed E-state index contributed by atoms with van der Waals surface area (Å²) in [4.78, 5) is 16.2. The molecule has 0 spiro atoms. The Labute approximate surface area is 168 Å². The number of sulfone groups is 1. The van der Waals surface area contributed by atoms with Gasteiger partial charge in [0.05, 0.1) is 40.0 Å². The van der Waals surface area contributed by atoms with Gasteiger partial charge in [-0.25, -0.2) is 18.2 Å². The Kier molecular flexibility index (Phi) is 4.74. The number of aromatic carboxylic acids is 1. The lowest BCUT2D eigenvalue weighted by atomic mass is 10.1. The average molecular weight is 411 g/mol. The lowest BCUT2D eigenvalue weighted by Gasteiger charge is -2.10. The van der Waals surface area contributed by atoms with Gasteiger partial charge in [0.15, 0.2) is 9.84 Å². The molecular formula is C21H21N3O4S. The Bertz CT molecular complexity index is 1260. The third-order valence-electron chi connectivity index (χ3n) is 5.32. The number of aryl methyl sites for hydroxylation is 1. The molecule has 7 nitrogen and oxygen atoms in total. The number of para-hydroxylation sites is 1. The van der Waals surface area contributed by atoms with Gasteiger partial charge in [0.25, 0.3) is 0 Å². The summed E-state index contributed by atoms with van der Waals surface area (Å²) in [7, 11) is -3.00. The van der Waals surface area contributed by atoms with E-state index in [-0.39, 0.29) is 23.1 Å². The molecule has 0 amide bonds. The van der Waals surface area contributed by atoms with Gasteiger partial charge in [-0.2, -0.15) is 5.10 Å². The minimum atomic E-state index is -3.00. The molecule has 0 radical (unpaired) electrons. The summed E-state index contributed by atoms with van der Waals surface area (Å²) in [5.74, 6) is -0.687. The molecule has 4 rings (SSSR count). The Balaban J connectivity index is 1.71. The van der Waals surface area contributed by atoms with Gasteiger partial charge >= 0.3 is 5.97 Å². The minimum Gasteiger partial charge on any atom is -0.478 e. The van der Waals surface area contributed by atoms with Crippen LogP contribution in [0.1, 0.15) is 45.5 Å². The van der Waals surface area contributed by atoms with Crippen LogP contribution in [0.2, 0.25) is 0 Å². The number of benzene rings is 1. The highest BCUT2D eigenvalue weighted by Gasteiger charge is 2.31. The summed E-state index contributed by atoms with van der Waals surface area (Å²) in [5.41, 5.74) is 3.93. The standard InChI is InChI=1S/C21H21N3O4S/c1-13-17(14(2)24(23-13)16-9-10-29(27,28)12-16)8-7-15-11-19(21(25)26)18-5-3-4-6-20(18)22-15/h3-8,11,16H,9-10,12H2,1-2H3,(H,25,26)/b8-7+/t16-/m0/s1. The fourth-order valence-electron chi connectivity index (χ4n) is 3.87. The van der Waals surface area contributed by atoms with Gasteiger partial charge in [0.1, 0.15) is 0 Å². The third-order valence-corrected chi connectivity index (χ3v) is 7.07. The highest BCUT2D eigenvalue weighted by molar-refractivity contribution is 7.91. The molecule has 1 aliphatic rings. The number of carboxylic acid groups (broad SMARTS) is 1. The normalized spacial score (nSPS) is 18.6. The van der Waals surface area contributed by atoms with Crippen molar-refractivity contribution in [3.05, 3.63) is 58.5 Å². The van der Waals surface area contributed by atoms with Gasteiger partial charge in [-0.1, -0.05) is 18.2 Å². The smallest absolute Gasteiger partial charge is 0.336 e. The first-order valence-corrected chi connectivity index (χ1v) is 11.1. The lowest BCUT2D eigenvalue weighted by Crippen LogP contribution is -2.13. The van der Waals surface area contributed by atoms with Crippen molar-refractivity contribution in [2.24, 2.45) is 0 Å².